The first-order valence-corrected chi connectivity index (χ1v) is 9.78. The van der Waals surface area contributed by atoms with Crippen LogP contribution in [-0.4, -0.2) is 29.0 Å². The molecule has 0 aliphatic carbocycles. The third-order valence-corrected chi connectivity index (χ3v) is 5.92. The lowest BCUT2D eigenvalue weighted by atomic mass is 9.86. The normalized spacial score (nSPS) is 12.1. The molecule has 0 unspecified atom stereocenters. The summed E-state index contributed by atoms with van der Waals surface area (Å²) in [6, 6.07) is 1.90. The van der Waals surface area contributed by atoms with E-state index in [9.17, 15) is 9.59 Å². The summed E-state index contributed by atoms with van der Waals surface area (Å²) in [5.41, 5.74) is 6.57. The Hall–Kier alpha value is -1.82. The highest BCUT2D eigenvalue weighted by atomic mass is 16.2. The second-order valence-electron chi connectivity index (χ2n) is 7.11. The van der Waals surface area contributed by atoms with E-state index >= 15 is 0 Å². The molecular weight excluding hydrogens is 328 g/mol. The molecule has 0 aliphatic rings. The van der Waals surface area contributed by atoms with Crippen molar-refractivity contribution in [1.29, 1.82) is 0 Å². The number of nitrogens with two attached hydrogens (primary N) is 1. The summed E-state index contributed by atoms with van der Waals surface area (Å²) >= 11 is 0. The molecular formula is C20H36N4O2. The molecule has 0 saturated carbocycles. The predicted octanol–water partition coefficient (Wildman–Crippen LogP) is 2.81. The number of aromatic nitrogens is 1. The quantitative estimate of drug-likeness (QED) is 0.498. The number of aryl methyl sites for hydroxylation is 1. The molecule has 0 atom stereocenters. The van der Waals surface area contributed by atoms with Crippen LogP contribution in [0.4, 0.5) is 0 Å². The van der Waals surface area contributed by atoms with Gasteiger partial charge in [-0.05, 0) is 56.7 Å². The zero-order valence-corrected chi connectivity index (χ0v) is 17.0. The first-order chi connectivity index (χ1) is 12.4. The van der Waals surface area contributed by atoms with Crippen molar-refractivity contribution < 1.29 is 9.59 Å². The van der Waals surface area contributed by atoms with Crippen molar-refractivity contribution in [2.75, 3.05) is 6.54 Å². The van der Waals surface area contributed by atoms with Gasteiger partial charge in [-0.25, -0.2) is 0 Å². The summed E-state index contributed by atoms with van der Waals surface area (Å²) in [6.45, 7) is 8.91. The second kappa shape index (κ2) is 9.76. The molecule has 0 bridgehead atoms. The van der Waals surface area contributed by atoms with Crippen LogP contribution in [0.3, 0.4) is 0 Å². The minimum atomic E-state index is -0.440. The summed E-state index contributed by atoms with van der Waals surface area (Å²) in [5.74, 6) is -0.0771. The number of carbonyl (C=O) groups is 2. The molecule has 6 nitrogen and oxygen atoms in total. The van der Waals surface area contributed by atoms with E-state index < -0.39 is 5.54 Å². The van der Waals surface area contributed by atoms with Crippen molar-refractivity contribution in [3.05, 3.63) is 23.5 Å². The molecule has 0 fully saturated rings. The van der Waals surface area contributed by atoms with Crippen LogP contribution < -0.4 is 16.4 Å². The fraction of sp³-hybridized carbons (Fsp3) is 0.700. The van der Waals surface area contributed by atoms with Crippen molar-refractivity contribution in [2.24, 2.45) is 12.8 Å². The lowest BCUT2D eigenvalue weighted by Crippen LogP contribution is -2.48. The topological polar surface area (TPSA) is 89.2 Å². The highest BCUT2D eigenvalue weighted by Crippen LogP contribution is 2.30. The van der Waals surface area contributed by atoms with E-state index in [2.05, 4.69) is 24.5 Å². The number of rotatable bonds is 12. The Morgan fingerprint density at radius 2 is 1.81 bits per heavy atom. The molecule has 4 N–H and O–H groups in total. The van der Waals surface area contributed by atoms with E-state index in [1.54, 1.807) is 0 Å². The van der Waals surface area contributed by atoms with Crippen molar-refractivity contribution in [2.45, 2.75) is 77.3 Å². The molecule has 1 aromatic rings. The monoisotopic (exact) mass is 364 g/mol. The fourth-order valence-corrected chi connectivity index (χ4v) is 3.70. The number of nitrogens with one attached hydrogen (secondary N) is 2. The van der Waals surface area contributed by atoms with Crippen LogP contribution in [0.2, 0.25) is 0 Å². The van der Waals surface area contributed by atoms with Crippen LogP contribution in [0, 0.1) is 0 Å². The molecule has 1 rings (SSSR count). The van der Waals surface area contributed by atoms with Gasteiger partial charge in [0.15, 0.2) is 0 Å². The molecule has 0 aliphatic heterocycles. The lowest BCUT2D eigenvalue weighted by molar-refractivity contribution is -0.111. The molecule has 148 valence electrons. The lowest BCUT2D eigenvalue weighted by Gasteiger charge is -2.33. The van der Waals surface area contributed by atoms with Gasteiger partial charge in [0.1, 0.15) is 5.69 Å². The summed E-state index contributed by atoms with van der Waals surface area (Å²) in [4.78, 5) is 24.1. The Morgan fingerprint density at radius 3 is 2.27 bits per heavy atom. The minimum absolute atomic E-state index is 0.0771. The first kappa shape index (κ1) is 22.2. The van der Waals surface area contributed by atoms with Gasteiger partial charge in [-0.15, -0.1) is 0 Å². The molecule has 26 heavy (non-hydrogen) atoms. The van der Waals surface area contributed by atoms with Gasteiger partial charge < -0.3 is 20.9 Å². The van der Waals surface area contributed by atoms with E-state index in [0.717, 1.165) is 50.5 Å². The molecule has 6 heteroatoms. The summed E-state index contributed by atoms with van der Waals surface area (Å²) in [6.07, 6.45) is 7.71. The van der Waals surface area contributed by atoms with Crippen LogP contribution in [0.5, 0.6) is 0 Å². The van der Waals surface area contributed by atoms with E-state index in [1.807, 2.05) is 37.7 Å². The fourth-order valence-electron chi connectivity index (χ4n) is 3.70. The molecule has 0 saturated heterocycles. The second-order valence-corrected chi connectivity index (χ2v) is 7.11. The SMILES string of the molecule is CCC(CC)(CCCN)NC(=O)c1cc(C(CC)(CC)NC=O)cn1C. The molecule has 1 heterocycles. The largest absolute Gasteiger partial charge is 0.349 e. The maximum Gasteiger partial charge on any atom is 0.268 e. The van der Waals surface area contributed by atoms with Gasteiger partial charge in [0, 0.05) is 18.8 Å². The molecule has 0 radical (unpaired) electrons. The van der Waals surface area contributed by atoms with Gasteiger partial charge >= 0.3 is 0 Å². The van der Waals surface area contributed by atoms with Gasteiger partial charge in [0.05, 0.1) is 5.54 Å². The van der Waals surface area contributed by atoms with Crippen LogP contribution in [-0.2, 0) is 17.4 Å². The zero-order chi connectivity index (χ0) is 19.8. The van der Waals surface area contributed by atoms with Gasteiger partial charge in [0.2, 0.25) is 6.41 Å². The summed E-state index contributed by atoms with van der Waals surface area (Å²) < 4.78 is 1.84. The number of hydrogen-bond acceptors (Lipinski definition) is 3. The number of hydrogen-bond donors (Lipinski definition) is 3. The van der Waals surface area contributed by atoms with Crippen LogP contribution in [0.25, 0.3) is 0 Å². The van der Waals surface area contributed by atoms with Crippen LogP contribution in [0.1, 0.15) is 82.3 Å². The zero-order valence-electron chi connectivity index (χ0n) is 17.0. The van der Waals surface area contributed by atoms with Gasteiger partial charge in [-0.1, -0.05) is 27.7 Å². The molecule has 0 spiro atoms. The maximum absolute atomic E-state index is 13.0. The molecule has 1 aromatic heterocycles. The number of carbonyl (C=O) groups excluding carboxylic acids is 2. The standard InChI is InChI=1S/C20H36N4O2/c1-6-19(7-2,11-10-12-21)23-18(26)17-13-16(14-24(17)5)20(8-3,9-4)22-15-25/h13-15H,6-12,21H2,1-5H3,(H,22,25)(H,23,26). The highest BCUT2D eigenvalue weighted by molar-refractivity contribution is 5.93. The Bertz CT molecular complexity index is 587. The smallest absolute Gasteiger partial charge is 0.268 e. The van der Waals surface area contributed by atoms with Gasteiger partial charge in [0.25, 0.3) is 5.91 Å². The maximum atomic E-state index is 13.0. The Labute approximate surface area is 157 Å². The van der Waals surface area contributed by atoms with E-state index in [1.165, 1.54) is 0 Å². The summed E-state index contributed by atoms with van der Waals surface area (Å²) in [5, 5.41) is 6.20. The van der Waals surface area contributed by atoms with Gasteiger partial charge in [-0.2, -0.15) is 0 Å². The average molecular weight is 365 g/mol. The van der Waals surface area contributed by atoms with E-state index in [4.69, 9.17) is 5.73 Å². The average Bonchev–Trinajstić information content (AvgIpc) is 3.05. The first-order valence-electron chi connectivity index (χ1n) is 9.78. The third kappa shape index (κ3) is 4.67. The molecule has 2 amide bonds. The van der Waals surface area contributed by atoms with Crippen molar-refractivity contribution in [3.63, 3.8) is 0 Å². The van der Waals surface area contributed by atoms with E-state index in [-0.39, 0.29) is 11.4 Å². The predicted molar refractivity (Wildman–Crippen MR) is 106 cm³/mol. The number of amides is 2. The minimum Gasteiger partial charge on any atom is -0.349 e. The van der Waals surface area contributed by atoms with E-state index in [0.29, 0.717) is 12.2 Å². The summed E-state index contributed by atoms with van der Waals surface area (Å²) in [7, 11) is 1.87. The highest BCUT2D eigenvalue weighted by Gasteiger charge is 2.32. The Balaban J connectivity index is 3.14. The molecule has 0 aromatic carbocycles. The van der Waals surface area contributed by atoms with Crippen molar-refractivity contribution in [1.82, 2.24) is 15.2 Å². The Kier molecular flexibility index (Phi) is 8.34. The van der Waals surface area contributed by atoms with Crippen LogP contribution >= 0.6 is 0 Å². The van der Waals surface area contributed by atoms with Crippen LogP contribution in [0.15, 0.2) is 12.3 Å². The van der Waals surface area contributed by atoms with Crippen molar-refractivity contribution >= 4 is 12.3 Å². The van der Waals surface area contributed by atoms with Gasteiger partial charge in [-0.3, -0.25) is 9.59 Å². The third-order valence-electron chi connectivity index (χ3n) is 5.92. The van der Waals surface area contributed by atoms with Crippen molar-refractivity contribution in [3.8, 4) is 0 Å². The Morgan fingerprint density at radius 1 is 1.19 bits per heavy atom. The number of nitrogens with zero attached hydrogens (tertiary/aromatic N) is 1.